The highest BCUT2D eigenvalue weighted by Gasteiger charge is 2.18. The first kappa shape index (κ1) is 25.5. The number of hydrogen-bond donors (Lipinski definition) is 0. The summed E-state index contributed by atoms with van der Waals surface area (Å²) < 4.78 is 4.93. The molecule has 4 aromatic heterocycles. The first-order valence-corrected chi connectivity index (χ1v) is 16.3. The molecular formula is C42H25N3S. The van der Waals surface area contributed by atoms with Crippen LogP contribution in [0, 0.1) is 0 Å². The van der Waals surface area contributed by atoms with E-state index in [1.807, 2.05) is 23.6 Å². The van der Waals surface area contributed by atoms with E-state index in [1.54, 1.807) is 0 Å². The molecule has 10 aromatic rings. The molecule has 0 atom stereocenters. The zero-order valence-electron chi connectivity index (χ0n) is 24.7. The van der Waals surface area contributed by atoms with Gasteiger partial charge in [-0.05, 0) is 71.8 Å². The normalized spacial score (nSPS) is 11.9. The summed E-state index contributed by atoms with van der Waals surface area (Å²) in [5.41, 5.74) is 9.93. The van der Waals surface area contributed by atoms with E-state index in [1.165, 1.54) is 58.8 Å². The summed E-state index contributed by atoms with van der Waals surface area (Å²) in [7, 11) is 0. The number of pyridine rings is 2. The van der Waals surface area contributed by atoms with Crippen molar-refractivity contribution in [2.24, 2.45) is 0 Å². The quantitative estimate of drug-likeness (QED) is 0.188. The molecule has 214 valence electrons. The first-order chi connectivity index (χ1) is 22.8. The van der Waals surface area contributed by atoms with E-state index in [0.29, 0.717) is 0 Å². The van der Waals surface area contributed by atoms with E-state index in [-0.39, 0.29) is 0 Å². The second-order valence-corrected chi connectivity index (χ2v) is 12.9. The summed E-state index contributed by atoms with van der Waals surface area (Å²) >= 11 is 1.85. The summed E-state index contributed by atoms with van der Waals surface area (Å²) in [4.78, 5) is 9.94. The van der Waals surface area contributed by atoms with Crippen LogP contribution >= 0.6 is 11.3 Å². The summed E-state index contributed by atoms with van der Waals surface area (Å²) in [5, 5.41) is 7.28. The maximum Gasteiger partial charge on any atom is 0.0972 e. The average Bonchev–Trinajstić information content (AvgIpc) is 3.67. The van der Waals surface area contributed by atoms with E-state index in [2.05, 4.69) is 144 Å². The fraction of sp³-hybridized carbons (Fsp3) is 0. The maximum atomic E-state index is 5.24. The molecule has 0 saturated carbocycles. The van der Waals surface area contributed by atoms with Crippen LogP contribution in [0.4, 0.5) is 0 Å². The number of benzene rings is 6. The van der Waals surface area contributed by atoms with Gasteiger partial charge in [0.25, 0.3) is 0 Å². The van der Waals surface area contributed by atoms with Crippen LogP contribution in [0.15, 0.2) is 152 Å². The van der Waals surface area contributed by atoms with Crippen LogP contribution < -0.4 is 0 Å². The molecule has 4 heteroatoms. The lowest BCUT2D eigenvalue weighted by atomic mass is 9.94. The Hall–Kier alpha value is -5.84. The predicted molar refractivity (Wildman–Crippen MR) is 195 cm³/mol. The zero-order chi connectivity index (χ0) is 30.2. The third-order valence-corrected chi connectivity index (χ3v) is 10.3. The van der Waals surface area contributed by atoms with Crippen molar-refractivity contribution >= 4 is 75.1 Å². The first-order valence-electron chi connectivity index (χ1n) is 15.5. The van der Waals surface area contributed by atoms with Gasteiger partial charge in [0.15, 0.2) is 0 Å². The van der Waals surface area contributed by atoms with Gasteiger partial charge in [0.05, 0.1) is 27.8 Å². The molecule has 3 nitrogen and oxygen atoms in total. The third-order valence-electron chi connectivity index (χ3n) is 9.20. The smallest absolute Gasteiger partial charge is 0.0972 e. The molecule has 0 bridgehead atoms. The lowest BCUT2D eigenvalue weighted by Gasteiger charge is -2.11. The van der Waals surface area contributed by atoms with Crippen molar-refractivity contribution in [3.05, 3.63) is 152 Å². The molecule has 0 unspecified atom stereocenters. The largest absolute Gasteiger partial charge is 0.309 e. The summed E-state index contributed by atoms with van der Waals surface area (Å²) in [6.45, 7) is 0. The van der Waals surface area contributed by atoms with Crippen molar-refractivity contribution < 1.29 is 0 Å². The average molecular weight is 604 g/mol. The molecule has 0 amide bonds. The highest BCUT2D eigenvalue weighted by Crippen LogP contribution is 2.44. The fourth-order valence-electron chi connectivity index (χ4n) is 7.11. The van der Waals surface area contributed by atoms with Crippen LogP contribution in [0.3, 0.4) is 0 Å². The Bertz CT molecular complexity index is 2810. The summed E-state index contributed by atoms with van der Waals surface area (Å²) in [6, 6.07) is 52.4. The Morgan fingerprint density at radius 1 is 0.500 bits per heavy atom. The number of rotatable bonds is 3. The van der Waals surface area contributed by atoms with Gasteiger partial charge < -0.3 is 4.57 Å². The molecule has 0 aliphatic heterocycles. The Balaban J connectivity index is 1.25. The maximum absolute atomic E-state index is 5.24. The minimum Gasteiger partial charge on any atom is -0.309 e. The van der Waals surface area contributed by atoms with E-state index < -0.39 is 0 Å². The van der Waals surface area contributed by atoms with Gasteiger partial charge in [-0.25, -0.2) is 4.98 Å². The number of aromatic nitrogens is 3. The Morgan fingerprint density at radius 3 is 2.17 bits per heavy atom. The minimum atomic E-state index is 0.934. The van der Waals surface area contributed by atoms with E-state index in [4.69, 9.17) is 9.97 Å². The van der Waals surface area contributed by atoms with Gasteiger partial charge in [0, 0.05) is 59.2 Å². The molecule has 10 rings (SSSR count). The van der Waals surface area contributed by atoms with Gasteiger partial charge >= 0.3 is 0 Å². The van der Waals surface area contributed by atoms with Crippen LogP contribution in [-0.2, 0) is 0 Å². The van der Waals surface area contributed by atoms with Crippen molar-refractivity contribution in [2.45, 2.75) is 0 Å². The lowest BCUT2D eigenvalue weighted by molar-refractivity contribution is 1.18. The van der Waals surface area contributed by atoms with Gasteiger partial charge in [-0.3, -0.25) is 4.98 Å². The van der Waals surface area contributed by atoms with Gasteiger partial charge in [-0.1, -0.05) is 84.9 Å². The molecule has 0 spiro atoms. The Morgan fingerprint density at radius 2 is 1.26 bits per heavy atom. The van der Waals surface area contributed by atoms with Crippen molar-refractivity contribution in [1.29, 1.82) is 0 Å². The second-order valence-electron chi connectivity index (χ2n) is 11.8. The predicted octanol–water partition coefficient (Wildman–Crippen LogP) is 11.6. The monoisotopic (exact) mass is 603 g/mol. The van der Waals surface area contributed by atoms with Crippen LogP contribution in [-0.4, -0.2) is 14.5 Å². The number of fused-ring (bicyclic) bond motifs is 9. The van der Waals surface area contributed by atoms with Gasteiger partial charge in [-0.2, -0.15) is 0 Å². The van der Waals surface area contributed by atoms with Crippen molar-refractivity contribution in [3.8, 4) is 28.1 Å². The van der Waals surface area contributed by atoms with E-state index in [9.17, 15) is 0 Å². The molecule has 0 radical (unpaired) electrons. The minimum absolute atomic E-state index is 0.934. The molecule has 0 aliphatic rings. The molecule has 0 fully saturated rings. The molecule has 6 aromatic carbocycles. The number of nitrogens with zero attached hydrogens (tertiary/aromatic N) is 3. The number of thiophene rings is 1. The molecule has 46 heavy (non-hydrogen) atoms. The Labute approximate surface area is 268 Å². The summed E-state index contributed by atoms with van der Waals surface area (Å²) in [6.07, 6.45) is 1.85. The molecular weight excluding hydrogens is 579 g/mol. The van der Waals surface area contributed by atoms with Gasteiger partial charge in [0.2, 0.25) is 0 Å². The standard InChI is InChI=1S/C42H25N3S/c1-2-10-30(11-3-1)45-36-14-6-4-12-31(36)34-23-28(19-21-37(34)45)33-24-29(25-39-40(33)32-13-5-7-15-38(32)46-39)35-20-18-27-17-16-26-9-8-22-43-41(26)42(27)44-35/h1-25H. The van der Waals surface area contributed by atoms with Crippen LogP contribution in [0.25, 0.3) is 91.9 Å². The second kappa shape index (κ2) is 9.83. The van der Waals surface area contributed by atoms with E-state index >= 15 is 0 Å². The fourth-order valence-corrected chi connectivity index (χ4v) is 8.28. The third kappa shape index (κ3) is 3.77. The van der Waals surface area contributed by atoms with Crippen molar-refractivity contribution in [3.63, 3.8) is 0 Å². The lowest BCUT2D eigenvalue weighted by Crippen LogP contribution is -1.93. The van der Waals surface area contributed by atoms with Gasteiger partial charge in [-0.15, -0.1) is 11.3 Å². The number of hydrogen-bond acceptors (Lipinski definition) is 3. The van der Waals surface area contributed by atoms with E-state index in [0.717, 1.165) is 33.1 Å². The van der Waals surface area contributed by atoms with Gasteiger partial charge in [0.1, 0.15) is 0 Å². The van der Waals surface area contributed by atoms with Crippen LogP contribution in [0.1, 0.15) is 0 Å². The topological polar surface area (TPSA) is 30.7 Å². The number of para-hydroxylation sites is 2. The molecule has 0 N–H and O–H groups in total. The van der Waals surface area contributed by atoms with Crippen molar-refractivity contribution in [2.75, 3.05) is 0 Å². The molecule has 0 aliphatic carbocycles. The SMILES string of the molecule is c1ccc(-n2c3ccccc3c3cc(-c4cc(-c5ccc6ccc7cccnc7c6n5)cc5sc6ccccc6c45)ccc32)cc1. The molecule has 4 heterocycles. The molecule has 0 saturated heterocycles. The van der Waals surface area contributed by atoms with Crippen LogP contribution in [0.5, 0.6) is 0 Å². The summed E-state index contributed by atoms with van der Waals surface area (Å²) in [5.74, 6) is 0. The highest BCUT2D eigenvalue weighted by atomic mass is 32.1. The highest BCUT2D eigenvalue weighted by molar-refractivity contribution is 7.26. The van der Waals surface area contributed by atoms with Crippen molar-refractivity contribution in [1.82, 2.24) is 14.5 Å². The Kier molecular flexibility index (Phi) is 5.45. The van der Waals surface area contributed by atoms with Crippen LogP contribution in [0.2, 0.25) is 0 Å². The zero-order valence-corrected chi connectivity index (χ0v) is 25.5.